The molecule has 0 radical (unpaired) electrons. The normalized spacial score (nSPS) is 15.5. The molecule has 0 bridgehead atoms. The topological polar surface area (TPSA) is 42.7 Å². The predicted octanol–water partition coefficient (Wildman–Crippen LogP) is 39.1. The largest absolute Gasteiger partial charge is 0.456 e. The quantitative estimate of drug-likeness (QED) is 0.0421. The molecule has 15 aromatic carbocycles. The van der Waals surface area contributed by atoms with Crippen molar-refractivity contribution in [2.24, 2.45) is 0 Å². The average molecular weight is 1780 g/mol. The third-order valence-corrected chi connectivity index (χ3v) is 34.5. The molecule has 680 valence electrons. The van der Waals surface area contributed by atoms with Gasteiger partial charge in [0.15, 0.2) is 0 Å². The summed E-state index contributed by atoms with van der Waals surface area (Å²) in [5, 5.41) is 7.16. The molecule has 136 heavy (non-hydrogen) atoms. The van der Waals surface area contributed by atoms with Crippen LogP contribution in [-0.2, 0) is 32.5 Å². The molecule has 0 fully saturated rings. The highest BCUT2D eigenvalue weighted by molar-refractivity contribution is 6.21. The molecule has 0 saturated heterocycles. The zero-order valence-corrected chi connectivity index (χ0v) is 82.1. The minimum absolute atomic E-state index is 0.0103. The average Bonchev–Trinajstić information content (AvgIpc) is 1.52. The first-order valence-corrected chi connectivity index (χ1v) is 52.3. The summed E-state index contributed by atoms with van der Waals surface area (Å²) >= 11 is 0. The maximum absolute atomic E-state index is 7.60. The van der Waals surface area contributed by atoms with Crippen LogP contribution in [-0.4, -0.2) is 0 Å². The fourth-order valence-corrected chi connectivity index (χ4v) is 27.3. The Morgan fingerprint density at radius 3 is 1.12 bits per heavy atom. The molecule has 6 aliphatic rings. The number of hydrogen-bond donors (Lipinski definition) is 0. The van der Waals surface area contributed by atoms with Gasteiger partial charge in [-0.2, -0.15) is 0 Å². The van der Waals surface area contributed by atoms with Crippen LogP contribution in [0.15, 0.2) is 286 Å². The Kier molecular flexibility index (Phi) is 21.1. The number of fused-ring (bicyclic) bond motifs is 30. The lowest BCUT2D eigenvalue weighted by molar-refractivity contribution is 0.399. The van der Waals surface area contributed by atoms with Gasteiger partial charge < -0.3 is 18.2 Å². The lowest BCUT2D eigenvalue weighted by atomic mass is 9.70. The Bertz CT molecular complexity index is 7840. The number of rotatable bonds is 30. The van der Waals surface area contributed by atoms with Crippen molar-refractivity contribution in [2.75, 3.05) is 4.90 Å². The van der Waals surface area contributed by atoms with E-state index in [0.29, 0.717) is 0 Å². The first-order chi connectivity index (χ1) is 66.3. The fourth-order valence-electron chi connectivity index (χ4n) is 27.3. The van der Waals surface area contributed by atoms with Crippen molar-refractivity contribution in [3.63, 3.8) is 0 Å². The second-order valence-electron chi connectivity index (χ2n) is 43.7. The minimum Gasteiger partial charge on any atom is -0.456 e. The number of unbranched alkanes of at least 4 members (excludes halogenated alkanes) is 16. The smallest absolute Gasteiger partial charge is 0.143 e. The lowest BCUT2D eigenvalue weighted by Gasteiger charge is -2.35. The summed E-state index contributed by atoms with van der Waals surface area (Å²) in [6.45, 7) is 29.2. The fraction of sp³-hybridized carbons (Fsp3) is 0.318. The van der Waals surface area contributed by atoms with E-state index in [4.69, 9.17) is 13.3 Å². The Labute approximate surface area is 805 Å². The highest BCUT2D eigenvalue weighted by atomic mass is 16.3. The van der Waals surface area contributed by atoms with E-state index in [1.807, 2.05) is 0 Å². The van der Waals surface area contributed by atoms with E-state index in [2.05, 4.69) is 361 Å². The van der Waals surface area contributed by atoms with Gasteiger partial charge in [0.1, 0.15) is 33.5 Å². The monoisotopic (exact) mass is 1780 g/mol. The molecule has 0 unspecified atom stereocenters. The van der Waals surface area contributed by atoms with E-state index in [0.717, 1.165) is 87.1 Å². The highest BCUT2D eigenvalue weighted by Crippen LogP contribution is 2.66. The van der Waals surface area contributed by atoms with E-state index in [1.165, 1.54) is 306 Å². The molecule has 0 aliphatic heterocycles. The number of hydrogen-bond acceptors (Lipinski definition) is 4. The Balaban J connectivity index is 0.669. The van der Waals surface area contributed by atoms with Gasteiger partial charge in [-0.05, 0) is 285 Å². The Morgan fingerprint density at radius 1 is 0.206 bits per heavy atom. The van der Waals surface area contributed by atoms with Crippen molar-refractivity contribution in [3.05, 3.63) is 340 Å². The predicted molar refractivity (Wildman–Crippen MR) is 575 cm³/mol. The molecule has 4 nitrogen and oxygen atoms in total. The third-order valence-electron chi connectivity index (χ3n) is 34.5. The Hall–Kier alpha value is -12.5. The van der Waals surface area contributed by atoms with Crippen LogP contribution < -0.4 is 4.90 Å². The summed E-state index contributed by atoms with van der Waals surface area (Å²) in [5.74, 6) is 0. The summed E-state index contributed by atoms with van der Waals surface area (Å²) in [6.07, 6.45) is 29.5. The van der Waals surface area contributed by atoms with Crippen molar-refractivity contribution in [3.8, 4) is 100 Å². The minimum atomic E-state index is -0.403. The molecule has 0 N–H and O–H groups in total. The standard InChI is InChI=1S/C132H129NO3/c1-13-17-21-25-40-68-131(69-41-26-22-18-14-2)103-50-36-32-46-89(103)92-61-55-84(73-111(92)131)83-54-60-90-91-62-56-85(74-106(91)128(7,8)105(90)72-83)100-79-114-120(124-98-49-35-39-53-117(98)136-126(100)124)95-65-59-88(77-112(95)132(114,70-42-27-23-19-15-3)71-43-28-24-20-16-4)133(87-58-64-94-108(76-87)130(11,12)113-78-99(82-44-30-29-31-45-82)125-123(119(94)113)97-48-34-38-52-116(97)135-125)86-57-63-93-101-80-110-102(81-109(101)129(9,10)107(93)75-86)121-104(127(110,5)6)66-67-118-122(121)96-47-33-37-51-115(96)134-118/h29-39,44-67,72-81H,13-28,40-43,68-71H2,1-12H3. The first kappa shape index (κ1) is 86.4. The van der Waals surface area contributed by atoms with Crippen molar-refractivity contribution in [2.45, 2.75) is 270 Å². The van der Waals surface area contributed by atoms with Gasteiger partial charge in [0.05, 0.1) is 0 Å². The van der Waals surface area contributed by atoms with Crippen LogP contribution >= 0.6 is 0 Å². The molecule has 0 spiro atoms. The zero-order valence-electron chi connectivity index (χ0n) is 82.1. The maximum Gasteiger partial charge on any atom is 0.143 e. The summed E-state index contributed by atoms with van der Waals surface area (Å²) < 4.78 is 21.4. The molecule has 4 heteroatoms. The molecule has 6 aliphatic carbocycles. The molecular formula is C132H129NO3. The maximum atomic E-state index is 7.60. The summed E-state index contributed by atoms with van der Waals surface area (Å²) in [7, 11) is 0. The number of benzene rings is 15. The molecule has 0 amide bonds. The lowest BCUT2D eigenvalue weighted by Crippen LogP contribution is -2.26. The van der Waals surface area contributed by atoms with Gasteiger partial charge in [0.25, 0.3) is 0 Å². The molecule has 0 atom stereocenters. The Morgan fingerprint density at radius 2 is 0.551 bits per heavy atom. The summed E-state index contributed by atoms with van der Waals surface area (Å²) in [4.78, 5) is 2.68. The van der Waals surface area contributed by atoms with Gasteiger partial charge in [-0.25, -0.2) is 0 Å². The highest BCUT2D eigenvalue weighted by Gasteiger charge is 2.50. The molecular weight excluding hydrogens is 1650 g/mol. The summed E-state index contributed by atoms with van der Waals surface area (Å²) in [5.41, 5.74) is 47.8. The van der Waals surface area contributed by atoms with Crippen LogP contribution in [0, 0.1) is 0 Å². The van der Waals surface area contributed by atoms with Gasteiger partial charge >= 0.3 is 0 Å². The number of furan rings is 3. The van der Waals surface area contributed by atoms with Crippen LogP contribution in [0.2, 0.25) is 0 Å². The number of para-hydroxylation sites is 3. The van der Waals surface area contributed by atoms with Crippen molar-refractivity contribution in [1.82, 2.24) is 0 Å². The van der Waals surface area contributed by atoms with E-state index < -0.39 is 5.41 Å². The van der Waals surface area contributed by atoms with E-state index in [9.17, 15) is 0 Å². The van der Waals surface area contributed by atoms with Crippen molar-refractivity contribution >= 4 is 82.9 Å². The van der Waals surface area contributed by atoms with E-state index >= 15 is 0 Å². The van der Waals surface area contributed by atoms with Crippen molar-refractivity contribution < 1.29 is 13.3 Å². The van der Waals surface area contributed by atoms with Crippen LogP contribution in [0.5, 0.6) is 0 Å². The number of anilines is 3. The summed E-state index contributed by atoms with van der Waals surface area (Å²) in [6, 6.07) is 107. The van der Waals surface area contributed by atoms with Gasteiger partial charge in [-0.15, -0.1) is 0 Å². The molecule has 3 heterocycles. The van der Waals surface area contributed by atoms with Gasteiger partial charge in [0.2, 0.25) is 0 Å². The zero-order chi connectivity index (χ0) is 92.5. The molecule has 0 saturated carbocycles. The van der Waals surface area contributed by atoms with E-state index in [-0.39, 0.29) is 27.1 Å². The van der Waals surface area contributed by atoms with Crippen LogP contribution in [0.25, 0.3) is 166 Å². The van der Waals surface area contributed by atoms with Gasteiger partial charge in [-0.1, -0.05) is 381 Å². The van der Waals surface area contributed by atoms with E-state index in [1.54, 1.807) is 11.1 Å². The second kappa shape index (κ2) is 33.2. The molecule has 3 aromatic heterocycles. The molecule has 24 rings (SSSR count). The number of nitrogens with zero attached hydrogens (tertiary/aromatic N) is 1. The van der Waals surface area contributed by atoms with Gasteiger partial charge in [0, 0.05) is 93.0 Å². The SMILES string of the molecule is CCCCCCCC1(CCCCCCC)c2ccccc2-c2ccc(-c3ccc4c(c3)C(C)(C)c3cc(-c5cc6c(c7c5oc5ccccc57)-c5ccc(N(c7ccc8c(c7)C(C)(C)c7cc9c(cc7-8)C(C)(C)c7ccc8oc%10ccccc%10c8c7-9)c7ccc8c(c7)C(C)(C)c7cc(-c9ccccc9)c9oc%10ccccc%10c9c7-8)cc5C6(CCCCCCC)CCCCCCC)ccc3-4)cc21. The van der Waals surface area contributed by atoms with Crippen LogP contribution in [0.4, 0.5) is 17.1 Å². The van der Waals surface area contributed by atoms with Gasteiger partial charge in [-0.3, -0.25) is 0 Å². The molecule has 18 aromatic rings. The van der Waals surface area contributed by atoms with Crippen LogP contribution in [0.3, 0.4) is 0 Å². The van der Waals surface area contributed by atoms with Crippen molar-refractivity contribution in [1.29, 1.82) is 0 Å². The first-order valence-electron chi connectivity index (χ1n) is 52.3. The van der Waals surface area contributed by atoms with Crippen LogP contribution in [0.1, 0.15) is 304 Å². The second-order valence-corrected chi connectivity index (χ2v) is 43.7. The third kappa shape index (κ3) is 13.1.